The summed E-state index contributed by atoms with van der Waals surface area (Å²) in [6, 6.07) is 28.5. The van der Waals surface area contributed by atoms with Gasteiger partial charge in [0, 0.05) is 30.6 Å². The van der Waals surface area contributed by atoms with Crippen LogP contribution in [0, 0.1) is 6.92 Å². The van der Waals surface area contributed by atoms with E-state index in [1.807, 2.05) is 61.5 Å². The van der Waals surface area contributed by atoms with Crippen LogP contribution in [0.25, 0.3) is 22.3 Å². The molecule has 0 heterocycles. The van der Waals surface area contributed by atoms with Crippen LogP contribution in [-0.4, -0.2) is 46.7 Å². The SMILES string of the molecule is CN(C)C=NS(=O)(=O)c1ccccc1-c1ccc(CBr)cc1.Cc1ccc(-c2ccccc2S(=O)(=O)O)cc1. The van der Waals surface area contributed by atoms with Crippen LogP contribution in [-0.2, 0) is 25.5 Å². The lowest BCUT2D eigenvalue weighted by atomic mass is 10.0. The van der Waals surface area contributed by atoms with Crippen molar-refractivity contribution in [3.05, 3.63) is 108 Å². The molecule has 4 aromatic carbocycles. The largest absolute Gasteiger partial charge is 0.368 e. The van der Waals surface area contributed by atoms with E-state index >= 15 is 0 Å². The number of nitrogens with zero attached hydrogens (tertiary/aromatic N) is 2. The quantitative estimate of drug-likeness (QED) is 0.109. The number of sulfonamides is 1. The molecule has 0 saturated carbocycles. The molecule has 1 N–H and O–H groups in total. The normalized spacial score (nSPS) is 11.6. The predicted octanol–water partition coefficient (Wildman–Crippen LogP) is 6.44. The third kappa shape index (κ3) is 8.34. The van der Waals surface area contributed by atoms with Crippen LogP contribution >= 0.6 is 15.9 Å². The van der Waals surface area contributed by atoms with E-state index in [1.165, 1.54) is 12.4 Å². The molecule has 39 heavy (non-hydrogen) atoms. The summed E-state index contributed by atoms with van der Waals surface area (Å²) in [6.07, 6.45) is 1.29. The predicted molar refractivity (Wildman–Crippen MR) is 160 cm³/mol. The van der Waals surface area contributed by atoms with E-state index in [0.29, 0.717) is 11.1 Å². The molecule has 4 aromatic rings. The van der Waals surface area contributed by atoms with Gasteiger partial charge in [0.15, 0.2) is 0 Å². The topological polar surface area (TPSA) is 104 Å². The highest BCUT2D eigenvalue weighted by molar-refractivity contribution is 9.08. The highest BCUT2D eigenvalue weighted by Gasteiger charge is 2.18. The lowest BCUT2D eigenvalue weighted by molar-refractivity contribution is 0.483. The van der Waals surface area contributed by atoms with E-state index in [4.69, 9.17) is 4.55 Å². The first-order chi connectivity index (χ1) is 18.4. The fraction of sp³-hybridized carbons (Fsp3) is 0.138. The minimum Gasteiger partial charge on any atom is -0.368 e. The molecular formula is C29H29BrN2O5S2. The van der Waals surface area contributed by atoms with Crippen LogP contribution in [0.5, 0.6) is 0 Å². The van der Waals surface area contributed by atoms with Crippen molar-refractivity contribution in [1.29, 1.82) is 0 Å². The maximum atomic E-state index is 12.4. The number of alkyl halides is 1. The van der Waals surface area contributed by atoms with Crippen LogP contribution in [0.2, 0.25) is 0 Å². The Morgan fingerprint density at radius 2 is 1.21 bits per heavy atom. The first-order valence-corrected chi connectivity index (χ1v) is 15.8. The van der Waals surface area contributed by atoms with Crippen molar-refractivity contribution in [2.24, 2.45) is 4.40 Å². The molecule has 0 radical (unpaired) electrons. The zero-order valence-electron chi connectivity index (χ0n) is 21.7. The maximum absolute atomic E-state index is 12.4. The van der Waals surface area contributed by atoms with Crippen molar-refractivity contribution in [2.45, 2.75) is 22.0 Å². The van der Waals surface area contributed by atoms with E-state index in [0.717, 1.165) is 27.6 Å². The second-order valence-electron chi connectivity index (χ2n) is 8.82. The van der Waals surface area contributed by atoms with Gasteiger partial charge in [-0.1, -0.05) is 106 Å². The van der Waals surface area contributed by atoms with Crippen molar-refractivity contribution in [2.75, 3.05) is 14.1 Å². The summed E-state index contributed by atoms with van der Waals surface area (Å²) in [4.78, 5) is 1.73. The van der Waals surface area contributed by atoms with Gasteiger partial charge in [0.1, 0.15) is 11.2 Å². The highest BCUT2D eigenvalue weighted by atomic mass is 79.9. The first kappa shape index (κ1) is 30.2. The van der Waals surface area contributed by atoms with Gasteiger partial charge in [-0.05, 0) is 35.7 Å². The smallest absolute Gasteiger partial charge is 0.295 e. The molecule has 0 aliphatic heterocycles. The van der Waals surface area contributed by atoms with Gasteiger partial charge in [-0.15, -0.1) is 4.40 Å². The fourth-order valence-electron chi connectivity index (χ4n) is 3.58. The van der Waals surface area contributed by atoms with Crippen molar-refractivity contribution in [1.82, 2.24) is 4.90 Å². The molecule has 0 unspecified atom stereocenters. The Kier molecular flexibility index (Phi) is 10.2. The van der Waals surface area contributed by atoms with Gasteiger partial charge in [0.2, 0.25) is 0 Å². The Labute approximate surface area is 238 Å². The second-order valence-corrected chi connectivity index (χ2v) is 12.4. The van der Waals surface area contributed by atoms with Gasteiger partial charge in [-0.2, -0.15) is 16.8 Å². The zero-order chi connectivity index (χ0) is 28.6. The second kappa shape index (κ2) is 13.2. The molecule has 7 nitrogen and oxygen atoms in total. The summed E-state index contributed by atoms with van der Waals surface area (Å²) < 4.78 is 60.2. The Hall–Kier alpha value is -3.31. The molecular weight excluding hydrogens is 600 g/mol. The number of aryl methyl sites for hydroxylation is 1. The molecule has 10 heteroatoms. The van der Waals surface area contributed by atoms with Crippen LogP contribution in [0.1, 0.15) is 11.1 Å². The summed E-state index contributed by atoms with van der Waals surface area (Å²) >= 11 is 3.40. The van der Waals surface area contributed by atoms with Crippen LogP contribution < -0.4 is 0 Å². The third-order valence-corrected chi connectivity index (χ3v) is 8.37. The first-order valence-electron chi connectivity index (χ1n) is 11.8. The van der Waals surface area contributed by atoms with Crippen LogP contribution in [0.3, 0.4) is 0 Å². The summed E-state index contributed by atoms with van der Waals surface area (Å²) in [5, 5.41) is 0.764. The number of halogens is 1. The van der Waals surface area contributed by atoms with E-state index in [9.17, 15) is 16.8 Å². The monoisotopic (exact) mass is 628 g/mol. The van der Waals surface area contributed by atoms with Gasteiger partial charge < -0.3 is 4.90 Å². The summed E-state index contributed by atoms with van der Waals surface area (Å²) in [5.74, 6) is 0. The van der Waals surface area contributed by atoms with Gasteiger partial charge in [-0.25, -0.2) is 0 Å². The van der Waals surface area contributed by atoms with Crippen LogP contribution in [0.4, 0.5) is 0 Å². The van der Waals surface area contributed by atoms with Gasteiger partial charge in [0.05, 0.1) is 4.90 Å². The highest BCUT2D eigenvalue weighted by Crippen LogP contribution is 2.29. The molecule has 0 atom stereocenters. The Morgan fingerprint density at radius 3 is 1.69 bits per heavy atom. The molecule has 0 aromatic heterocycles. The van der Waals surface area contributed by atoms with E-state index < -0.39 is 20.1 Å². The van der Waals surface area contributed by atoms with Crippen LogP contribution in [0.15, 0.2) is 111 Å². The molecule has 0 saturated heterocycles. The Morgan fingerprint density at radius 1 is 0.744 bits per heavy atom. The van der Waals surface area contributed by atoms with Crippen molar-refractivity contribution in [3.8, 4) is 22.3 Å². The Balaban J connectivity index is 0.000000223. The minimum absolute atomic E-state index is 0.0659. The number of hydrogen-bond acceptors (Lipinski definition) is 4. The van der Waals surface area contributed by atoms with E-state index in [1.54, 1.807) is 55.4 Å². The number of benzene rings is 4. The molecule has 0 aliphatic carbocycles. The van der Waals surface area contributed by atoms with Gasteiger partial charge in [0.25, 0.3) is 20.1 Å². The summed E-state index contributed by atoms with van der Waals surface area (Å²) in [6.45, 7) is 1.96. The number of hydrogen-bond donors (Lipinski definition) is 1. The third-order valence-electron chi connectivity index (χ3n) is 5.53. The Bertz CT molecular complexity index is 1650. The molecule has 4 rings (SSSR count). The van der Waals surface area contributed by atoms with Gasteiger partial charge in [-0.3, -0.25) is 4.55 Å². The molecule has 0 spiro atoms. The maximum Gasteiger partial charge on any atom is 0.295 e. The van der Waals surface area contributed by atoms with Gasteiger partial charge >= 0.3 is 0 Å². The van der Waals surface area contributed by atoms with Crippen molar-refractivity contribution < 1.29 is 21.4 Å². The molecule has 0 bridgehead atoms. The fourth-order valence-corrected chi connectivity index (χ4v) is 5.81. The molecule has 0 fully saturated rings. The average Bonchev–Trinajstić information content (AvgIpc) is 2.92. The molecule has 204 valence electrons. The summed E-state index contributed by atoms with van der Waals surface area (Å²) in [7, 11) is -4.47. The molecule has 0 amide bonds. The lowest BCUT2D eigenvalue weighted by Crippen LogP contribution is -2.10. The van der Waals surface area contributed by atoms with E-state index in [-0.39, 0.29) is 9.79 Å². The average molecular weight is 630 g/mol. The summed E-state index contributed by atoms with van der Waals surface area (Å²) in [5.41, 5.74) is 5.01. The lowest BCUT2D eigenvalue weighted by Gasteiger charge is -2.09. The number of rotatable bonds is 7. The minimum atomic E-state index is -4.19. The standard InChI is InChI=1S/C16H17BrN2O2S.C13H12O3S/c1-19(2)12-18-22(20,21)16-6-4-3-5-15(16)14-9-7-13(11-17)8-10-14;1-10-6-8-11(9-7-10)12-4-2-3-5-13(12)17(14,15)16/h3-10,12H,11H2,1-2H3;2-9H,1H3,(H,14,15,16). The van der Waals surface area contributed by atoms with Crippen molar-refractivity contribution >= 4 is 42.4 Å². The molecule has 0 aliphatic rings. The van der Waals surface area contributed by atoms with E-state index in [2.05, 4.69) is 20.3 Å². The van der Waals surface area contributed by atoms with Crippen molar-refractivity contribution in [3.63, 3.8) is 0 Å². The zero-order valence-corrected chi connectivity index (χ0v) is 24.9.